The monoisotopic (exact) mass is 415 g/mol. The summed E-state index contributed by atoms with van der Waals surface area (Å²) in [4.78, 5) is 12.3. The number of rotatable bonds is 8. The highest BCUT2D eigenvalue weighted by atomic mass is 32.2. The van der Waals surface area contributed by atoms with Crippen molar-refractivity contribution in [2.75, 3.05) is 11.1 Å². The summed E-state index contributed by atoms with van der Waals surface area (Å²) in [5, 5.41) is 7.20. The van der Waals surface area contributed by atoms with Crippen LogP contribution in [-0.4, -0.2) is 29.9 Å². The molecule has 0 saturated heterocycles. The number of aryl methyl sites for hydroxylation is 1. The van der Waals surface area contributed by atoms with Crippen LogP contribution in [0.15, 0.2) is 65.6 Å². The third-order valence-electron chi connectivity index (χ3n) is 4.33. The molecule has 0 aliphatic carbocycles. The maximum Gasteiger partial charge on any atom is 0.225 e. The number of hydrogen-bond acceptors (Lipinski definition) is 4. The van der Waals surface area contributed by atoms with E-state index >= 15 is 0 Å². The van der Waals surface area contributed by atoms with Gasteiger partial charge in [-0.1, -0.05) is 30.3 Å². The molecule has 152 valence electrons. The molecule has 0 radical (unpaired) electrons. The molecule has 6 nitrogen and oxygen atoms in total. The fourth-order valence-electron chi connectivity index (χ4n) is 2.91. The van der Waals surface area contributed by atoms with Gasteiger partial charge in [0.25, 0.3) is 0 Å². The van der Waals surface area contributed by atoms with Gasteiger partial charge in [-0.05, 0) is 43.2 Å². The Morgan fingerprint density at radius 2 is 1.79 bits per heavy atom. The summed E-state index contributed by atoms with van der Waals surface area (Å²) in [5.74, 6) is -0.397. The van der Waals surface area contributed by atoms with Gasteiger partial charge >= 0.3 is 0 Å². The largest absolute Gasteiger partial charge is 0.311 e. The Hall–Kier alpha value is -3.00. The first kappa shape index (κ1) is 20.7. The number of anilines is 1. The first-order chi connectivity index (χ1) is 13.8. The smallest absolute Gasteiger partial charge is 0.225 e. The third-order valence-corrected chi connectivity index (χ3v) is 6.15. The number of benzene rings is 2. The summed E-state index contributed by atoms with van der Waals surface area (Å²) >= 11 is 0. The molecule has 3 aromatic rings. The Kier molecular flexibility index (Phi) is 6.43. The lowest BCUT2D eigenvalue weighted by atomic mass is 10.2. The van der Waals surface area contributed by atoms with Crippen LogP contribution < -0.4 is 5.32 Å². The van der Waals surface area contributed by atoms with Gasteiger partial charge in [0.15, 0.2) is 9.84 Å². The zero-order chi connectivity index (χ0) is 20.9. The molecule has 0 unspecified atom stereocenters. The zero-order valence-corrected chi connectivity index (χ0v) is 16.8. The molecular weight excluding hydrogens is 393 g/mol. The summed E-state index contributed by atoms with van der Waals surface area (Å²) in [6, 6.07) is 16.2. The van der Waals surface area contributed by atoms with Gasteiger partial charge in [-0.15, -0.1) is 0 Å². The Morgan fingerprint density at radius 1 is 1.10 bits per heavy atom. The van der Waals surface area contributed by atoms with Gasteiger partial charge in [0.05, 0.1) is 22.9 Å². The standard InChI is InChI=1S/C21H22FN3O3S/c1-16-14-20(25(24-16)15-17-6-3-2-4-7-17)23-21(26)8-5-13-29(27,28)19-11-9-18(22)10-12-19/h2-4,6-7,9-12,14H,5,8,13,15H2,1H3,(H,23,26). The minimum atomic E-state index is -3.55. The van der Waals surface area contributed by atoms with Crippen LogP contribution in [0.5, 0.6) is 0 Å². The van der Waals surface area contributed by atoms with Gasteiger partial charge in [-0.2, -0.15) is 5.10 Å². The molecule has 1 amide bonds. The summed E-state index contributed by atoms with van der Waals surface area (Å²) in [6.45, 7) is 2.36. The summed E-state index contributed by atoms with van der Waals surface area (Å²) in [6.07, 6.45) is 0.216. The van der Waals surface area contributed by atoms with Crippen molar-refractivity contribution in [2.24, 2.45) is 0 Å². The first-order valence-electron chi connectivity index (χ1n) is 9.20. The highest BCUT2D eigenvalue weighted by Crippen LogP contribution is 2.16. The van der Waals surface area contributed by atoms with Crippen LogP contribution in [0.3, 0.4) is 0 Å². The number of amides is 1. The fourth-order valence-corrected chi connectivity index (χ4v) is 4.22. The third kappa shape index (κ3) is 5.74. The molecule has 0 aliphatic rings. The van der Waals surface area contributed by atoms with Crippen molar-refractivity contribution in [3.63, 3.8) is 0 Å². The lowest BCUT2D eigenvalue weighted by Crippen LogP contribution is -2.17. The molecule has 0 aliphatic heterocycles. The van der Waals surface area contributed by atoms with Gasteiger partial charge in [-0.25, -0.2) is 17.5 Å². The molecule has 0 saturated carbocycles. The maximum atomic E-state index is 13.0. The number of carbonyl (C=O) groups excluding carboxylic acids is 1. The molecule has 2 aromatic carbocycles. The fraction of sp³-hybridized carbons (Fsp3) is 0.238. The number of nitrogens with zero attached hydrogens (tertiary/aromatic N) is 2. The highest BCUT2D eigenvalue weighted by molar-refractivity contribution is 7.91. The van der Waals surface area contributed by atoms with E-state index in [0.29, 0.717) is 12.4 Å². The molecule has 1 N–H and O–H groups in total. The zero-order valence-electron chi connectivity index (χ0n) is 16.0. The molecule has 0 spiro atoms. The van der Waals surface area contributed by atoms with E-state index in [2.05, 4.69) is 10.4 Å². The number of halogens is 1. The van der Waals surface area contributed by atoms with Gasteiger partial charge in [0.2, 0.25) is 5.91 Å². The normalized spacial score (nSPS) is 11.4. The second kappa shape index (κ2) is 9.00. The predicted molar refractivity (Wildman–Crippen MR) is 109 cm³/mol. The van der Waals surface area contributed by atoms with Crippen LogP contribution in [-0.2, 0) is 21.2 Å². The molecule has 0 bridgehead atoms. The first-order valence-corrected chi connectivity index (χ1v) is 10.9. The van der Waals surface area contributed by atoms with Gasteiger partial charge in [0.1, 0.15) is 11.6 Å². The van der Waals surface area contributed by atoms with Gasteiger partial charge in [0, 0.05) is 12.5 Å². The topological polar surface area (TPSA) is 81.1 Å². The van der Waals surface area contributed by atoms with E-state index in [0.717, 1.165) is 23.4 Å². The van der Waals surface area contributed by atoms with E-state index in [1.165, 1.54) is 12.1 Å². The number of aromatic nitrogens is 2. The second-order valence-electron chi connectivity index (χ2n) is 6.74. The Balaban J connectivity index is 1.56. The van der Waals surface area contributed by atoms with Crippen molar-refractivity contribution in [3.8, 4) is 0 Å². The predicted octanol–water partition coefficient (Wildman–Crippen LogP) is 3.57. The lowest BCUT2D eigenvalue weighted by molar-refractivity contribution is -0.116. The Labute approximate surface area is 169 Å². The maximum absolute atomic E-state index is 13.0. The number of sulfone groups is 1. The highest BCUT2D eigenvalue weighted by Gasteiger charge is 2.16. The SMILES string of the molecule is Cc1cc(NC(=O)CCCS(=O)(=O)c2ccc(F)cc2)n(Cc2ccccc2)n1. The van der Waals surface area contributed by atoms with Crippen LogP contribution in [0.2, 0.25) is 0 Å². The van der Waals surface area contributed by atoms with Gasteiger partial charge < -0.3 is 5.32 Å². The van der Waals surface area contributed by atoms with Crippen LogP contribution in [0.1, 0.15) is 24.1 Å². The van der Waals surface area contributed by atoms with Crippen LogP contribution in [0, 0.1) is 12.7 Å². The van der Waals surface area contributed by atoms with E-state index < -0.39 is 15.7 Å². The second-order valence-corrected chi connectivity index (χ2v) is 8.85. The molecule has 8 heteroatoms. The van der Waals surface area contributed by atoms with Crippen molar-refractivity contribution in [1.29, 1.82) is 0 Å². The van der Waals surface area contributed by atoms with Crippen molar-refractivity contribution >= 4 is 21.6 Å². The van der Waals surface area contributed by atoms with E-state index in [1.54, 1.807) is 10.7 Å². The Bertz CT molecular complexity index is 1080. The van der Waals surface area contributed by atoms with Crippen LogP contribution >= 0.6 is 0 Å². The van der Waals surface area contributed by atoms with Crippen molar-refractivity contribution in [1.82, 2.24) is 9.78 Å². The molecule has 0 atom stereocenters. The molecule has 29 heavy (non-hydrogen) atoms. The van der Waals surface area contributed by atoms with Crippen molar-refractivity contribution in [3.05, 3.63) is 77.7 Å². The molecule has 1 heterocycles. The molecule has 0 fully saturated rings. The minimum Gasteiger partial charge on any atom is -0.311 e. The number of nitrogens with one attached hydrogen (secondary N) is 1. The number of hydrogen-bond donors (Lipinski definition) is 1. The van der Waals surface area contributed by atoms with E-state index in [4.69, 9.17) is 0 Å². The van der Waals surface area contributed by atoms with E-state index in [-0.39, 0.29) is 29.4 Å². The summed E-state index contributed by atoms with van der Waals surface area (Å²) < 4.78 is 39.2. The molecular formula is C21H22FN3O3S. The Morgan fingerprint density at radius 3 is 2.48 bits per heavy atom. The van der Waals surface area contributed by atoms with E-state index in [9.17, 15) is 17.6 Å². The lowest BCUT2D eigenvalue weighted by Gasteiger charge is -2.09. The summed E-state index contributed by atoms with van der Waals surface area (Å²) in [5.41, 5.74) is 1.83. The van der Waals surface area contributed by atoms with Crippen LogP contribution in [0.4, 0.5) is 10.2 Å². The van der Waals surface area contributed by atoms with Gasteiger partial charge in [-0.3, -0.25) is 4.79 Å². The minimum absolute atomic E-state index is 0.0516. The van der Waals surface area contributed by atoms with Crippen molar-refractivity contribution in [2.45, 2.75) is 31.2 Å². The van der Waals surface area contributed by atoms with E-state index in [1.807, 2.05) is 37.3 Å². The van der Waals surface area contributed by atoms with Crippen LogP contribution in [0.25, 0.3) is 0 Å². The van der Waals surface area contributed by atoms with Crippen molar-refractivity contribution < 1.29 is 17.6 Å². The summed E-state index contributed by atoms with van der Waals surface area (Å²) in [7, 11) is -3.55. The molecule has 1 aromatic heterocycles. The quantitative estimate of drug-likeness (QED) is 0.570. The average molecular weight is 415 g/mol. The number of carbonyl (C=O) groups is 1. The average Bonchev–Trinajstić information content (AvgIpc) is 3.01. The molecule has 3 rings (SSSR count).